The summed E-state index contributed by atoms with van der Waals surface area (Å²) in [6.07, 6.45) is 0.858. The van der Waals surface area contributed by atoms with Crippen LogP contribution in [0, 0.1) is 0 Å². The molecule has 0 fully saturated rings. The van der Waals surface area contributed by atoms with Gasteiger partial charge < -0.3 is 5.32 Å². The first-order valence-corrected chi connectivity index (χ1v) is 6.47. The van der Waals surface area contributed by atoms with Crippen LogP contribution in [-0.4, -0.2) is 22.2 Å². The number of benzene rings is 1. The largest absolute Gasteiger partial charge is 0.351 e. The highest BCUT2D eigenvalue weighted by atomic mass is 16.2. The zero-order valence-corrected chi connectivity index (χ0v) is 11.1. The van der Waals surface area contributed by atoms with Gasteiger partial charge in [-0.25, -0.2) is 4.68 Å². The minimum absolute atomic E-state index is 0.162. The molecule has 0 saturated heterocycles. The quantitative estimate of drug-likeness (QED) is 0.906. The van der Waals surface area contributed by atoms with Crippen molar-refractivity contribution in [3.63, 3.8) is 0 Å². The summed E-state index contributed by atoms with van der Waals surface area (Å²) in [5.41, 5.74) is 0.149. The molecule has 0 aliphatic rings. The van der Waals surface area contributed by atoms with Gasteiger partial charge in [-0.05, 0) is 19.4 Å². The summed E-state index contributed by atoms with van der Waals surface area (Å²) in [6, 6.07) is 7.07. The van der Waals surface area contributed by atoms with Crippen LogP contribution in [0.15, 0.2) is 29.1 Å². The summed E-state index contributed by atoms with van der Waals surface area (Å²) in [6.45, 7) is 4.85. The fraction of sp³-hybridized carbons (Fsp3) is 0.357. The topological polar surface area (TPSA) is 64.0 Å². The Bertz CT molecular complexity index is 661. The van der Waals surface area contributed by atoms with Crippen LogP contribution in [-0.2, 0) is 6.54 Å². The molecule has 2 rings (SSSR count). The zero-order chi connectivity index (χ0) is 13.8. The van der Waals surface area contributed by atoms with Crippen LogP contribution in [0.4, 0.5) is 0 Å². The van der Waals surface area contributed by atoms with E-state index < -0.39 is 0 Å². The van der Waals surface area contributed by atoms with E-state index in [-0.39, 0.29) is 11.5 Å². The van der Waals surface area contributed by atoms with Crippen LogP contribution in [0.5, 0.6) is 0 Å². The van der Waals surface area contributed by atoms with Crippen LogP contribution in [0.2, 0.25) is 0 Å². The van der Waals surface area contributed by atoms with Crippen molar-refractivity contribution in [2.24, 2.45) is 0 Å². The molecule has 0 aliphatic heterocycles. The summed E-state index contributed by atoms with van der Waals surface area (Å²) >= 11 is 0. The minimum atomic E-state index is -0.236. The number of aromatic nitrogens is 2. The van der Waals surface area contributed by atoms with E-state index in [1.165, 1.54) is 4.68 Å². The molecule has 1 N–H and O–H groups in total. The van der Waals surface area contributed by atoms with E-state index in [0.29, 0.717) is 29.6 Å². The summed E-state index contributed by atoms with van der Waals surface area (Å²) in [5.74, 6) is -0.236. The van der Waals surface area contributed by atoms with Crippen molar-refractivity contribution in [1.29, 1.82) is 0 Å². The van der Waals surface area contributed by atoms with Crippen LogP contribution < -0.4 is 10.9 Å². The normalized spacial score (nSPS) is 10.6. The smallest absolute Gasteiger partial charge is 0.274 e. The average Bonchev–Trinajstić information content (AvgIpc) is 2.45. The van der Waals surface area contributed by atoms with E-state index in [4.69, 9.17) is 0 Å². The number of rotatable bonds is 4. The summed E-state index contributed by atoms with van der Waals surface area (Å²) in [5, 5.41) is 8.09. The fourth-order valence-corrected chi connectivity index (χ4v) is 1.94. The van der Waals surface area contributed by atoms with Gasteiger partial charge in [-0.15, -0.1) is 0 Å². The van der Waals surface area contributed by atoms with Crippen molar-refractivity contribution in [3.8, 4) is 0 Å². The molecule has 5 heteroatoms. The zero-order valence-electron chi connectivity index (χ0n) is 11.1. The maximum Gasteiger partial charge on any atom is 0.274 e. The minimum Gasteiger partial charge on any atom is -0.351 e. The number of nitrogens with one attached hydrogen (secondary N) is 1. The fourth-order valence-electron chi connectivity index (χ4n) is 1.94. The van der Waals surface area contributed by atoms with E-state index >= 15 is 0 Å². The Hall–Kier alpha value is -2.17. The number of carbonyl (C=O) groups is 1. The molecule has 0 unspecified atom stereocenters. The molecule has 19 heavy (non-hydrogen) atoms. The third kappa shape index (κ3) is 2.50. The second kappa shape index (κ2) is 5.65. The van der Waals surface area contributed by atoms with Crippen molar-refractivity contribution >= 4 is 16.7 Å². The lowest BCUT2D eigenvalue weighted by Crippen LogP contribution is -2.30. The lowest BCUT2D eigenvalue weighted by molar-refractivity contribution is 0.0948. The Kier molecular flexibility index (Phi) is 3.94. The number of nitrogens with zero attached hydrogens (tertiary/aromatic N) is 2. The molecule has 100 valence electrons. The second-order valence-electron chi connectivity index (χ2n) is 4.27. The van der Waals surface area contributed by atoms with E-state index in [0.717, 1.165) is 6.42 Å². The highest BCUT2D eigenvalue weighted by Crippen LogP contribution is 2.13. The molecule has 1 aromatic carbocycles. The maximum atomic E-state index is 12.1. The lowest BCUT2D eigenvalue weighted by Gasteiger charge is -2.09. The first kappa shape index (κ1) is 13.3. The van der Waals surface area contributed by atoms with Crippen molar-refractivity contribution in [3.05, 3.63) is 40.3 Å². The van der Waals surface area contributed by atoms with Gasteiger partial charge in [-0.3, -0.25) is 9.59 Å². The molecule has 0 spiro atoms. The van der Waals surface area contributed by atoms with Gasteiger partial charge in [0.05, 0.1) is 5.39 Å². The van der Waals surface area contributed by atoms with Crippen LogP contribution in [0.25, 0.3) is 10.8 Å². The molecule has 5 nitrogen and oxygen atoms in total. The highest BCUT2D eigenvalue weighted by Gasteiger charge is 2.15. The van der Waals surface area contributed by atoms with E-state index in [1.807, 2.05) is 13.8 Å². The molecule has 1 heterocycles. The van der Waals surface area contributed by atoms with Gasteiger partial charge in [0.25, 0.3) is 11.5 Å². The molecule has 1 aromatic heterocycles. The van der Waals surface area contributed by atoms with Crippen molar-refractivity contribution in [1.82, 2.24) is 15.1 Å². The van der Waals surface area contributed by atoms with Gasteiger partial charge in [0, 0.05) is 18.5 Å². The van der Waals surface area contributed by atoms with Gasteiger partial charge in [0.1, 0.15) is 0 Å². The number of aryl methyl sites for hydroxylation is 1. The molecule has 0 radical (unpaired) electrons. The molecular weight excluding hydrogens is 242 g/mol. The number of amides is 1. The first-order valence-electron chi connectivity index (χ1n) is 6.47. The number of hydrogen-bond acceptors (Lipinski definition) is 3. The molecular formula is C14H17N3O2. The van der Waals surface area contributed by atoms with Crippen molar-refractivity contribution in [2.45, 2.75) is 26.8 Å². The van der Waals surface area contributed by atoms with Gasteiger partial charge >= 0.3 is 0 Å². The predicted molar refractivity (Wildman–Crippen MR) is 74.3 cm³/mol. The Morgan fingerprint density at radius 1 is 1.26 bits per heavy atom. The molecule has 0 aliphatic carbocycles. The van der Waals surface area contributed by atoms with Crippen LogP contribution in [0.3, 0.4) is 0 Å². The van der Waals surface area contributed by atoms with E-state index in [1.54, 1.807) is 24.3 Å². The first-order chi connectivity index (χ1) is 9.19. The van der Waals surface area contributed by atoms with Crippen molar-refractivity contribution in [2.75, 3.05) is 6.54 Å². The van der Waals surface area contributed by atoms with E-state index in [9.17, 15) is 9.59 Å². The summed E-state index contributed by atoms with van der Waals surface area (Å²) in [4.78, 5) is 24.2. The van der Waals surface area contributed by atoms with Gasteiger partial charge in [0.15, 0.2) is 5.69 Å². The lowest BCUT2D eigenvalue weighted by atomic mass is 10.1. The van der Waals surface area contributed by atoms with Crippen molar-refractivity contribution < 1.29 is 4.79 Å². The molecule has 0 saturated carbocycles. The number of fused-ring (bicyclic) bond motifs is 1. The molecule has 2 aromatic rings. The standard InChI is InChI=1S/C14H17N3O2/c1-3-9-15-13(18)12-10-7-5-6-8-11(10)14(19)17(4-2)16-12/h5-8H,3-4,9H2,1-2H3,(H,15,18). The van der Waals surface area contributed by atoms with Gasteiger partial charge in [-0.2, -0.15) is 5.10 Å². The Morgan fingerprint density at radius 3 is 2.58 bits per heavy atom. The average molecular weight is 259 g/mol. The SMILES string of the molecule is CCCNC(=O)c1nn(CC)c(=O)c2ccccc12. The molecule has 0 atom stereocenters. The van der Waals surface area contributed by atoms with E-state index in [2.05, 4.69) is 10.4 Å². The number of hydrogen-bond donors (Lipinski definition) is 1. The third-order valence-corrected chi connectivity index (χ3v) is 2.92. The second-order valence-corrected chi connectivity index (χ2v) is 4.27. The molecule has 1 amide bonds. The Morgan fingerprint density at radius 2 is 1.95 bits per heavy atom. The van der Waals surface area contributed by atoms with Gasteiger partial charge in [-0.1, -0.05) is 25.1 Å². The van der Waals surface area contributed by atoms with Crippen LogP contribution in [0.1, 0.15) is 30.8 Å². The van der Waals surface area contributed by atoms with Gasteiger partial charge in [0.2, 0.25) is 0 Å². The third-order valence-electron chi connectivity index (χ3n) is 2.92. The molecule has 0 bridgehead atoms. The van der Waals surface area contributed by atoms with Crippen LogP contribution >= 0.6 is 0 Å². The summed E-state index contributed by atoms with van der Waals surface area (Å²) in [7, 11) is 0. The Labute approximate surface area is 111 Å². The highest BCUT2D eigenvalue weighted by molar-refractivity contribution is 6.04. The summed E-state index contributed by atoms with van der Waals surface area (Å²) < 4.78 is 1.32. The maximum absolute atomic E-state index is 12.1. The Balaban J connectivity index is 2.63. The number of carbonyl (C=O) groups excluding carboxylic acids is 1. The predicted octanol–water partition coefficient (Wildman–Crippen LogP) is 1.56. The monoisotopic (exact) mass is 259 g/mol.